The van der Waals surface area contributed by atoms with E-state index in [-0.39, 0.29) is 24.8 Å². The van der Waals surface area contributed by atoms with Crippen molar-refractivity contribution in [1.29, 1.82) is 0 Å². The van der Waals surface area contributed by atoms with Crippen LogP contribution in [-0.4, -0.2) is 28.1 Å². The molecule has 0 saturated heterocycles. The molecule has 1 aromatic carbocycles. The molecule has 1 aliphatic carbocycles. The molecular formula is C22H23ClN4O4. The van der Waals surface area contributed by atoms with Gasteiger partial charge in [-0.25, -0.2) is 9.97 Å². The topological polar surface area (TPSA) is 99.4 Å². The van der Waals surface area contributed by atoms with Crippen molar-refractivity contribution in [3.05, 3.63) is 63.5 Å². The Balaban J connectivity index is 1.34. The Bertz CT molecular complexity index is 1100. The first-order valence-electron chi connectivity index (χ1n) is 10.1. The van der Waals surface area contributed by atoms with Crippen molar-refractivity contribution in [2.75, 3.05) is 7.11 Å². The van der Waals surface area contributed by atoms with Crippen LogP contribution >= 0.6 is 11.6 Å². The Morgan fingerprint density at radius 2 is 2.06 bits per heavy atom. The molecule has 3 aromatic rings. The number of ether oxygens (including phenoxy) is 2. The van der Waals surface area contributed by atoms with E-state index in [1.54, 1.807) is 25.3 Å². The van der Waals surface area contributed by atoms with Crippen LogP contribution in [-0.2, 0) is 26.0 Å². The number of carbonyl (C=O) groups is 1. The second kappa shape index (κ2) is 9.34. The van der Waals surface area contributed by atoms with Crippen LogP contribution in [0.1, 0.15) is 51.9 Å². The van der Waals surface area contributed by atoms with Gasteiger partial charge in [-0.3, -0.25) is 4.79 Å². The summed E-state index contributed by atoms with van der Waals surface area (Å²) in [4.78, 5) is 21.6. The third-order valence-electron chi connectivity index (χ3n) is 5.14. The van der Waals surface area contributed by atoms with Gasteiger partial charge in [0, 0.05) is 23.5 Å². The molecule has 0 saturated carbocycles. The summed E-state index contributed by atoms with van der Waals surface area (Å²) in [7, 11) is 1.56. The number of carbonyl (C=O) groups excluding carboxylic acids is 1. The van der Waals surface area contributed by atoms with Crippen LogP contribution < -0.4 is 14.8 Å². The molecule has 31 heavy (non-hydrogen) atoms. The van der Waals surface area contributed by atoms with Gasteiger partial charge in [-0.05, 0) is 50.3 Å². The average Bonchev–Trinajstić information content (AvgIpc) is 3.26. The predicted molar refractivity (Wildman–Crippen MR) is 113 cm³/mol. The fraction of sp³-hybridized carbons (Fsp3) is 0.364. The number of aryl methyl sites for hydroxylation is 2. The van der Waals surface area contributed by atoms with Gasteiger partial charge in [-0.15, -0.1) is 0 Å². The summed E-state index contributed by atoms with van der Waals surface area (Å²) in [6, 6.07) is 6.63. The van der Waals surface area contributed by atoms with E-state index in [1.165, 1.54) is 18.1 Å². The van der Waals surface area contributed by atoms with Crippen LogP contribution in [0.3, 0.4) is 0 Å². The van der Waals surface area contributed by atoms with E-state index >= 15 is 0 Å². The van der Waals surface area contributed by atoms with Gasteiger partial charge in [-0.2, -0.15) is 0 Å². The van der Waals surface area contributed by atoms with E-state index in [4.69, 9.17) is 25.6 Å². The highest BCUT2D eigenvalue weighted by atomic mass is 35.5. The first kappa shape index (κ1) is 21.1. The van der Waals surface area contributed by atoms with Gasteiger partial charge in [0.2, 0.25) is 0 Å². The first-order chi connectivity index (χ1) is 15.0. The molecule has 1 amide bonds. The molecule has 162 valence electrons. The number of nitrogens with one attached hydrogen (secondary N) is 1. The van der Waals surface area contributed by atoms with E-state index in [0.717, 1.165) is 30.7 Å². The summed E-state index contributed by atoms with van der Waals surface area (Å²) in [5.41, 5.74) is 3.50. The number of halogens is 1. The zero-order chi connectivity index (χ0) is 21.8. The molecule has 0 unspecified atom stereocenters. The van der Waals surface area contributed by atoms with Crippen molar-refractivity contribution in [2.24, 2.45) is 0 Å². The predicted octanol–water partition coefficient (Wildman–Crippen LogP) is 3.82. The minimum atomic E-state index is -0.364. The van der Waals surface area contributed by atoms with Crippen LogP contribution in [0.25, 0.3) is 0 Å². The third kappa shape index (κ3) is 4.96. The monoisotopic (exact) mass is 442 g/mol. The van der Waals surface area contributed by atoms with E-state index in [2.05, 4.69) is 20.4 Å². The fourth-order valence-electron chi connectivity index (χ4n) is 3.54. The number of methoxy groups -OCH3 is 1. The molecule has 8 nitrogen and oxygen atoms in total. The molecule has 4 rings (SSSR count). The molecule has 9 heteroatoms. The second-order valence-electron chi connectivity index (χ2n) is 7.30. The van der Waals surface area contributed by atoms with E-state index < -0.39 is 0 Å². The SMILES string of the molecule is COc1ccc(OCc2cc(C(=O)NCc3nc(C)c4c(n3)CCCC4)no2)c(Cl)c1. The van der Waals surface area contributed by atoms with Crippen LogP contribution in [0.2, 0.25) is 5.02 Å². The summed E-state index contributed by atoms with van der Waals surface area (Å²) in [6.07, 6.45) is 4.31. The highest BCUT2D eigenvalue weighted by molar-refractivity contribution is 6.32. The Hall–Kier alpha value is -3.13. The van der Waals surface area contributed by atoms with Crippen LogP contribution in [0.15, 0.2) is 28.8 Å². The number of hydrogen-bond acceptors (Lipinski definition) is 7. The van der Waals surface area contributed by atoms with Crippen molar-refractivity contribution < 1.29 is 18.8 Å². The van der Waals surface area contributed by atoms with Gasteiger partial charge in [-0.1, -0.05) is 16.8 Å². The van der Waals surface area contributed by atoms with Gasteiger partial charge in [0.05, 0.1) is 18.7 Å². The van der Waals surface area contributed by atoms with Crippen LogP contribution in [0.4, 0.5) is 0 Å². The Morgan fingerprint density at radius 3 is 2.87 bits per heavy atom. The maximum absolute atomic E-state index is 12.4. The molecule has 0 radical (unpaired) electrons. The Kier molecular flexibility index (Phi) is 6.36. The summed E-state index contributed by atoms with van der Waals surface area (Å²) in [6.45, 7) is 2.31. The molecule has 1 aliphatic rings. The fourth-order valence-corrected chi connectivity index (χ4v) is 3.76. The first-order valence-corrected chi connectivity index (χ1v) is 10.5. The maximum Gasteiger partial charge on any atom is 0.273 e. The molecule has 0 atom stereocenters. The molecular weight excluding hydrogens is 420 g/mol. The lowest BCUT2D eigenvalue weighted by Crippen LogP contribution is -2.25. The zero-order valence-electron chi connectivity index (χ0n) is 17.4. The largest absolute Gasteiger partial charge is 0.497 e. The van der Waals surface area contributed by atoms with Crippen molar-refractivity contribution in [1.82, 2.24) is 20.4 Å². The van der Waals surface area contributed by atoms with Gasteiger partial charge >= 0.3 is 0 Å². The van der Waals surface area contributed by atoms with E-state index in [0.29, 0.717) is 28.1 Å². The van der Waals surface area contributed by atoms with Crippen LogP contribution in [0, 0.1) is 6.92 Å². The zero-order valence-corrected chi connectivity index (χ0v) is 18.2. The molecule has 2 aromatic heterocycles. The number of benzene rings is 1. The van der Waals surface area contributed by atoms with Crippen molar-refractivity contribution in [3.8, 4) is 11.5 Å². The standard InChI is InChI=1S/C22H23ClN4O4/c1-13-16-5-3-4-6-18(16)26-21(25-13)11-24-22(28)19-10-15(31-27-19)12-30-20-8-7-14(29-2)9-17(20)23/h7-10H,3-6,11-12H2,1-2H3,(H,24,28). The smallest absolute Gasteiger partial charge is 0.273 e. The van der Waals surface area contributed by atoms with Gasteiger partial charge in [0.15, 0.2) is 11.5 Å². The lowest BCUT2D eigenvalue weighted by molar-refractivity contribution is 0.0940. The number of rotatable bonds is 7. The normalized spacial score (nSPS) is 12.9. The summed E-state index contributed by atoms with van der Waals surface area (Å²) < 4.78 is 16.0. The van der Waals surface area contributed by atoms with Crippen molar-refractivity contribution in [2.45, 2.75) is 45.8 Å². The second-order valence-corrected chi connectivity index (χ2v) is 7.71. The quantitative estimate of drug-likeness (QED) is 0.593. The summed E-state index contributed by atoms with van der Waals surface area (Å²) in [5, 5.41) is 7.03. The third-order valence-corrected chi connectivity index (χ3v) is 5.44. The van der Waals surface area contributed by atoms with Crippen molar-refractivity contribution in [3.63, 3.8) is 0 Å². The van der Waals surface area contributed by atoms with Gasteiger partial charge in [0.25, 0.3) is 5.91 Å². The van der Waals surface area contributed by atoms with Crippen molar-refractivity contribution >= 4 is 17.5 Å². The molecule has 0 bridgehead atoms. The number of hydrogen-bond donors (Lipinski definition) is 1. The van der Waals surface area contributed by atoms with Gasteiger partial charge < -0.3 is 19.3 Å². The lowest BCUT2D eigenvalue weighted by Gasteiger charge is -2.17. The molecule has 2 heterocycles. The number of amides is 1. The number of nitrogens with zero attached hydrogens (tertiary/aromatic N) is 3. The Labute approximate surface area is 184 Å². The minimum Gasteiger partial charge on any atom is -0.497 e. The minimum absolute atomic E-state index is 0.0828. The lowest BCUT2D eigenvalue weighted by atomic mass is 9.95. The molecule has 0 aliphatic heterocycles. The molecule has 1 N–H and O–H groups in total. The number of fused-ring (bicyclic) bond motifs is 1. The van der Waals surface area contributed by atoms with Gasteiger partial charge in [0.1, 0.15) is 23.9 Å². The summed E-state index contributed by atoms with van der Waals surface area (Å²) >= 11 is 6.16. The van der Waals surface area contributed by atoms with Crippen LogP contribution in [0.5, 0.6) is 11.5 Å². The highest BCUT2D eigenvalue weighted by Gasteiger charge is 2.17. The number of aromatic nitrogens is 3. The molecule has 0 fully saturated rings. The average molecular weight is 443 g/mol. The van der Waals surface area contributed by atoms with E-state index in [1.807, 2.05) is 6.92 Å². The highest BCUT2D eigenvalue weighted by Crippen LogP contribution is 2.29. The molecule has 0 spiro atoms. The van der Waals surface area contributed by atoms with E-state index in [9.17, 15) is 4.79 Å². The summed E-state index contributed by atoms with van der Waals surface area (Å²) in [5.74, 6) is 1.75. The Morgan fingerprint density at radius 1 is 1.23 bits per heavy atom. The maximum atomic E-state index is 12.4.